The average molecular weight is 468 g/mol. The van der Waals surface area contributed by atoms with Crippen LogP contribution in [0.4, 0.5) is 0 Å². The van der Waals surface area contributed by atoms with Crippen LogP contribution in [-0.2, 0) is 11.2 Å². The third-order valence-corrected chi connectivity index (χ3v) is 7.98. The van der Waals surface area contributed by atoms with Crippen molar-refractivity contribution >= 4 is 34.2 Å². The van der Waals surface area contributed by atoms with Gasteiger partial charge in [0.25, 0.3) is 5.91 Å². The summed E-state index contributed by atoms with van der Waals surface area (Å²) in [5.41, 5.74) is 2.29. The van der Waals surface area contributed by atoms with E-state index in [2.05, 4.69) is 34.3 Å². The fourth-order valence-electron chi connectivity index (χ4n) is 4.94. The Labute approximate surface area is 199 Å². The third kappa shape index (κ3) is 4.98. The van der Waals surface area contributed by atoms with Gasteiger partial charge in [0.05, 0.1) is 11.0 Å². The van der Waals surface area contributed by atoms with Crippen molar-refractivity contribution in [1.82, 2.24) is 14.9 Å². The first-order valence-electron chi connectivity index (χ1n) is 12.0. The summed E-state index contributed by atoms with van der Waals surface area (Å²) in [6.45, 7) is 6.09. The lowest BCUT2D eigenvalue weighted by Gasteiger charge is -2.31. The maximum absolute atomic E-state index is 12.9. The van der Waals surface area contributed by atoms with Gasteiger partial charge < -0.3 is 15.0 Å². The zero-order chi connectivity index (χ0) is 23.5. The maximum Gasteiger partial charge on any atom is 0.326 e. The molecule has 2 heterocycles. The van der Waals surface area contributed by atoms with Crippen LogP contribution >= 0.6 is 11.3 Å². The molecule has 0 bridgehead atoms. The van der Waals surface area contributed by atoms with Crippen molar-refractivity contribution in [2.45, 2.75) is 71.4 Å². The van der Waals surface area contributed by atoms with E-state index in [1.165, 1.54) is 24.1 Å². The minimum absolute atomic E-state index is 0.153. The Bertz CT molecular complexity index is 1120. The predicted molar refractivity (Wildman–Crippen MR) is 132 cm³/mol. The van der Waals surface area contributed by atoms with E-state index < -0.39 is 12.0 Å². The molecule has 176 valence electrons. The Morgan fingerprint density at radius 2 is 2.06 bits per heavy atom. The standard InChI is InChI=1S/C26H33N3O3S/c1-4-16(2)24(26(31)32)28-25(30)18-11-12-22-20(14-18)27-23(15-19-9-7-13-33-19)29(22)21-10-6-5-8-17(21)3/h7,9,11-14,16-17,21,24H,4-6,8,10,15H2,1-3H3,(H,28,30)(H,31,32). The second-order valence-electron chi connectivity index (χ2n) is 9.36. The number of nitrogens with zero attached hydrogens (tertiary/aromatic N) is 2. The van der Waals surface area contributed by atoms with E-state index in [0.717, 1.165) is 29.7 Å². The fourth-order valence-corrected chi connectivity index (χ4v) is 5.64. The number of thiophene rings is 1. The first-order valence-corrected chi connectivity index (χ1v) is 12.8. The summed E-state index contributed by atoms with van der Waals surface area (Å²) in [7, 11) is 0. The van der Waals surface area contributed by atoms with Crippen LogP contribution in [0.3, 0.4) is 0 Å². The Hall–Kier alpha value is -2.67. The fraction of sp³-hybridized carbons (Fsp3) is 0.500. The van der Waals surface area contributed by atoms with E-state index >= 15 is 0 Å². The largest absolute Gasteiger partial charge is 0.480 e. The van der Waals surface area contributed by atoms with Gasteiger partial charge in [0.2, 0.25) is 0 Å². The lowest BCUT2D eigenvalue weighted by Crippen LogP contribution is -2.45. The zero-order valence-corrected chi connectivity index (χ0v) is 20.4. The van der Waals surface area contributed by atoms with E-state index in [0.29, 0.717) is 23.9 Å². The van der Waals surface area contributed by atoms with Crippen LogP contribution in [0.5, 0.6) is 0 Å². The molecule has 7 heteroatoms. The second-order valence-corrected chi connectivity index (χ2v) is 10.4. The smallest absolute Gasteiger partial charge is 0.326 e. The molecule has 4 rings (SSSR count). The number of fused-ring (bicyclic) bond motifs is 1. The minimum Gasteiger partial charge on any atom is -0.480 e. The molecule has 0 radical (unpaired) electrons. The highest BCUT2D eigenvalue weighted by Crippen LogP contribution is 2.37. The van der Waals surface area contributed by atoms with Crippen LogP contribution < -0.4 is 5.32 Å². The van der Waals surface area contributed by atoms with Gasteiger partial charge in [-0.15, -0.1) is 11.3 Å². The van der Waals surface area contributed by atoms with E-state index in [-0.39, 0.29) is 11.8 Å². The molecular weight excluding hydrogens is 434 g/mol. The monoisotopic (exact) mass is 467 g/mol. The molecule has 1 saturated carbocycles. The minimum atomic E-state index is -1.01. The maximum atomic E-state index is 12.9. The molecule has 2 N–H and O–H groups in total. The lowest BCUT2D eigenvalue weighted by atomic mass is 9.85. The molecule has 6 nitrogen and oxygen atoms in total. The third-order valence-electron chi connectivity index (χ3n) is 7.10. The number of aromatic nitrogens is 2. The summed E-state index contributed by atoms with van der Waals surface area (Å²) in [6, 6.07) is 9.28. The number of imidazole rings is 1. The number of nitrogens with one attached hydrogen (secondary N) is 1. The molecule has 1 aliphatic rings. The summed E-state index contributed by atoms with van der Waals surface area (Å²) in [5, 5.41) is 14.3. The molecule has 0 spiro atoms. The number of carboxylic acid groups (broad SMARTS) is 1. The first-order chi connectivity index (χ1) is 15.9. The summed E-state index contributed by atoms with van der Waals surface area (Å²) >= 11 is 1.73. The summed E-state index contributed by atoms with van der Waals surface area (Å²) in [5.74, 6) is 0.0805. The van der Waals surface area contributed by atoms with Crippen LogP contribution in [-0.4, -0.2) is 32.6 Å². The Morgan fingerprint density at radius 3 is 2.73 bits per heavy atom. The number of carbonyl (C=O) groups excluding carboxylic acids is 1. The second kappa shape index (κ2) is 10.1. The molecule has 0 aliphatic heterocycles. The van der Waals surface area contributed by atoms with Crippen molar-refractivity contribution in [3.05, 3.63) is 52.0 Å². The molecule has 2 aromatic heterocycles. The number of benzene rings is 1. The Morgan fingerprint density at radius 1 is 1.27 bits per heavy atom. The number of amides is 1. The van der Waals surface area contributed by atoms with Crippen LogP contribution in [0.25, 0.3) is 11.0 Å². The van der Waals surface area contributed by atoms with Gasteiger partial charge in [-0.3, -0.25) is 4.79 Å². The summed E-state index contributed by atoms with van der Waals surface area (Å²) in [4.78, 5) is 30.8. The number of hydrogen-bond acceptors (Lipinski definition) is 4. The number of carbonyl (C=O) groups is 2. The predicted octanol–water partition coefficient (Wildman–Crippen LogP) is 5.67. The van der Waals surface area contributed by atoms with Gasteiger partial charge in [-0.05, 0) is 54.3 Å². The molecule has 1 amide bonds. The van der Waals surface area contributed by atoms with E-state index in [4.69, 9.17) is 4.98 Å². The zero-order valence-electron chi connectivity index (χ0n) is 19.6. The summed E-state index contributed by atoms with van der Waals surface area (Å²) < 4.78 is 2.40. The molecule has 4 atom stereocenters. The number of hydrogen-bond donors (Lipinski definition) is 2. The van der Waals surface area contributed by atoms with Crippen molar-refractivity contribution in [2.24, 2.45) is 11.8 Å². The lowest BCUT2D eigenvalue weighted by molar-refractivity contribution is -0.140. The Kier molecular flexibility index (Phi) is 7.17. The number of aliphatic carboxylic acids is 1. The highest BCUT2D eigenvalue weighted by atomic mass is 32.1. The normalized spacial score (nSPS) is 20.5. The highest BCUT2D eigenvalue weighted by Gasteiger charge is 2.28. The average Bonchev–Trinajstić information content (AvgIpc) is 3.44. The van der Waals surface area contributed by atoms with Crippen molar-refractivity contribution < 1.29 is 14.7 Å². The molecule has 0 saturated heterocycles. The van der Waals surface area contributed by atoms with Gasteiger partial charge in [0, 0.05) is 22.9 Å². The van der Waals surface area contributed by atoms with Crippen molar-refractivity contribution in [1.29, 1.82) is 0 Å². The molecule has 1 aromatic carbocycles. The van der Waals surface area contributed by atoms with E-state index in [1.54, 1.807) is 17.4 Å². The molecule has 33 heavy (non-hydrogen) atoms. The highest BCUT2D eigenvalue weighted by molar-refractivity contribution is 7.09. The van der Waals surface area contributed by atoms with Gasteiger partial charge in [-0.2, -0.15) is 0 Å². The molecule has 4 unspecified atom stereocenters. The molecular formula is C26H33N3O3S. The van der Waals surface area contributed by atoms with Gasteiger partial charge >= 0.3 is 5.97 Å². The van der Waals surface area contributed by atoms with Gasteiger partial charge in [-0.1, -0.05) is 46.1 Å². The van der Waals surface area contributed by atoms with Gasteiger partial charge in [0.15, 0.2) is 0 Å². The van der Waals surface area contributed by atoms with Crippen molar-refractivity contribution in [3.8, 4) is 0 Å². The number of carboxylic acids is 1. The van der Waals surface area contributed by atoms with Crippen LogP contribution in [0.2, 0.25) is 0 Å². The van der Waals surface area contributed by atoms with Crippen LogP contribution in [0.1, 0.15) is 80.0 Å². The molecule has 1 fully saturated rings. The van der Waals surface area contributed by atoms with Gasteiger partial charge in [0.1, 0.15) is 11.9 Å². The van der Waals surface area contributed by atoms with E-state index in [9.17, 15) is 14.7 Å². The van der Waals surface area contributed by atoms with Crippen molar-refractivity contribution in [2.75, 3.05) is 0 Å². The topological polar surface area (TPSA) is 84.2 Å². The summed E-state index contributed by atoms with van der Waals surface area (Å²) in [6.07, 6.45) is 6.30. The molecule has 3 aromatic rings. The van der Waals surface area contributed by atoms with Crippen LogP contribution in [0, 0.1) is 11.8 Å². The number of rotatable bonds is 8. The SMILES string of the molecule is CCC(C)C(NC(=O)c1ccc2c(c1)nc(Cc1cccs1)n2C1CCCCC1C)C(=O)O. The van der Waals surface area contributed by atoms with Crippen LogP contribution in [0.15, 0.2) is 35.7 Å². The first kappa shape index (κ1) is 23.5. The van der Waals surface area contributed by atoms with E-state index in [1.807, 2.05) is 26.0 Å². The Balaban J connectivity index is 1.70. The van der Waals surface area contributed by atoms with Crippen molar-refractivity contribution in [3.63, 3.8) is 0 Å². The van der Waals surface area contributed by atoms with Gasteiger partial charge in [-0.25, -0.2) is 9.78 Å². The quantitative estimate of drug-likeness (QED) is 0.447. The molecule has 1 aliphatic carbocycles.